The Labute approximate surface area is 287 Å². The number of hydrogen-bond donors (Lipinski definition) is 2. The van der Waals surface area contributed by atoms with Crippen LogP contribution >= 0.6 is 0 Å². The first kappa shape index (κ1) is 37.5. The predicted molar refractivity (Wildman–Crippen MR) is 188 cm³/mol. The number of carbonyl (C=O) groups excluding carboxylic acids is 2. The molecule has 1 saturated heterocycles. The minimum absolute atomic E-state index is 0.146. The number of rotatable bonds is 7. The van der Waals surface area contributed by atoms with Gasteiger partial charge in [0.05, 0.1) is 12.5 Å². The highest BCUT2D eigenvalue weighted by atomic mass is 16.6. The predicted octanol–water partition coefficient (Wildman–Crippen LogP) is 6.49. The highest BCUT2D eigenvalue weighted by Crippen LogP contribution is 2.28. The molecule has 3 heterocycles. The van der Waals surface area contributed by atoms with Crippen molar-refractivity contribution in [2.75, 3.05) is 26.2 Å². The highest BCUT2D eigenvalue weighted by molar-refractivity contribution is 5.70. The Bertz CT molecular complexity index is 1280. The van der Waals surface area contributed by atoms with Gasteiger partial charge in [0.2, 0.25) is 0 Å². The van der Waals surface area contributed by atoms with Crippen LogP contribution in [0.4, 0.5) is 4.79 Å². The summed E-state index contributed by atoms with van der Waals surface area (Å²) in [6.07, 6.45) is 19.9. The average molecular weight is 664 g/mol. The Morgan fingerprint density at radius 1 is 1.06 bits per heavy atom. The van der Waals surface area contributed by atoms with E-state index in [4.69, 9.17) is 9.47 Å². The molecule has 1 aliphatic carbocycles. The summed E-state index contributed by atoms with van der Waals surface area (Å²) in [6, 6.07) is 6.47. The second-order valence-corrected chi connectivity index (χ2v) is 14.1. The first-order valence-electron chi connectivity index (χ1n) is 17.9. The number of esters is 1. The number of ether oxygens (including phenoxy) is 2. The van der Waals surface area contributed by atoms with Gasteiger partial charge in [0.1, 0.15) is 11.7 Å². The van der Waals surface area contributed by atoms with Crippen molar-refractivity contribution >= 4 is 12.1 Å². The number of cyclic esters (lactones) is 1. The van der Waals surface area contributed by atoms with Crippen LogP contribution in [0.1, 0.15) is 97.1 Å². The van der Waals surface area contributed by atoms with Gasteiger partial charge in [-0.15, -0.1) is 0 Å². The Balaban J connectivity index is 1.43. The topological polar surface area (TPSA) is 112 Å². The third kappa shape index (κ3) is 11.4. The van der Waals surface area contributed by atoms with Gasteiger partial charge in [0, 0.05) is 55.9 Å². The third-order valence-corrected chi connectivity index (χ3v) is 10.0. The van der Waals surface area contributed by atoms with E-state index in [0.717, 1.165) is 24.4 Å². The molecule has 264 valence electrons. The van der Waals surface area contributed by atoms with Crippen molar-refractivity contribution in [3.63, 3.8) is 0 Å². The summed E-state index contributed by atoms with van der Waals surface area (Å²) in [5.74, 6) is -0.630. The third-order valence-electron chi connectivity index (χ3n) is 10.0. The lowest BCUT2D eigenvalue weighted by molar-refractivity contribution is -0.151. The molecule has 6 atom stereocenters. The summed E-state index contributed by atoms with van der Waals surface area (Å²) >= 11 is 0. The van der Waals surface area contributed by atoms with Crippen molar-refractivity contribution < 1.29 is 29.3 Å². The molecule has 0 bridgehead atoms. The number of nitrogens with zero attached hydrogens (tertiary/aromatic N) is 3. The second kappa shape index (κ2) is 18.5. The molecule has 4 rings (SSSR count). The zero-order valence-electron chi connectivity index (χ0n) is 29.4. The van der Waals surface area contributed by atoms with Gasteiger partial charge in [-0.1, -0.05) is 82.1 Å². The van der Waals surface area contributed by atoms with Crippen LogP contribution in [0.15, 0.2) is 72.5 Å². The molecule has 2 N–H and O–H groups in total. The highest BCUT2D eigenvalue weighted by Gasteiger charge is 2.37. The number of hydrogen-bond acceptors (Lipinski definition) is 8. The van der Waals surface area contributed by atoms with E-state index in [2.05, 4.69) is 22.9 Å². The number of aliphatic hydroxyl groups excluding tert-OH is 1. The van der Waals surface area contributed by atoms with Crippen LogP contribution in [-0.4, -0.2) is 93.2 Å². The summed E-state index contributed by atoms with van der Waals surface area (Å²) in [5.41, 5.74) is 0.369. The van der Waals surface area contributed by atoms with Gasteiger partial charge in [-0.25, -0.2) is 4.79 Å². The molecule has 0 aromatic carbocycles. The van der Waals surface area contributed by atoms with Crippen LogP contribution in [0.5, 0.6) is 0 Å². The lowest BCUT2D eigenvalue weighted by atomic mass is 9.89. The molecule has 2 fully saturated rings. The summed E-state index contributed by atoms with van der Waals surface area (Å²) in [7, 11) is 0. The van der Waals surface area contributed by atoms with Crippen LogP contribution in [-0.2, 0) is 14.3 Å². The smallest absolute Gasteiger partial charge is 0.410 e. The van der Waals surface area contributed by atoms with Gasteiger partial charge in [-0.05, 0) is 63.3 Å². The normalized spacial score (nSPS) is 30.7. The van der Waals surface area contributed by atoms with Gasteiger partial charge in [0.25, 0.3) is 0 Å². The molecule has 1 saturated carbocycles. The molecule has 1 aromatic rings. The lowest BCUT2D eigenvalue weighted by Gasteiger charge is -2.40. The minimum Gasteiger partial charge on any atom is -0.457 e. The second-order valence-electron chi connectivity index (χ2n) is 14.1. The molecule has 2 aliphatic heterocycles. The molecule has 48 heavy (non-hydrogen) atoms. The fourth-order valence-corrected chi connectivity index (χ4v) is 6.87. The fraction of sp³-hybridized carbons (Fsp3) is 0.615. The molecular weight excluding hydrogens is 606 g/mol. The van der Waals surface area contributed by atoms with Gasteiger partial charge < -0.3 is 24.6 Å². The Hall–Kier alpha value is -3.27. The standard InChI is InChI=1S/C39H57N3O6/c1-29(34-18-12-13-23-40-34)14-8-7-9-15-30(2)37-31(3)19-20-35(39(4,46)22-21-33(43)28-36(44)48-37)47-38(45)42-26-24-41(25-27-42)32-16-10-5-6-11-17-32/h7-9,12-15,18-20,23,29,31-33,35,37,43,46H,5-6,10-11,16-17,21-22,24-28H2,1-4H3/b9-7+,14-8+,20-19-,30-15+/t29-,31-,33-,35-,37+,39-/m0/s1. The zero-order chi connectivity index (χ0) is 34.5. The van der Waals surface area contributed by atoms with Gasteiger partial charge in [0.15, 0.2) is 6.10 Å². The molecule has 0 spiro atoms. The summed E-state index contributed by atoms with van der Waals surface area (Å²) in [5, 5.41) is 22.2. The molecule has 3 aliphatic rings. The number of piperazine rings is 1. The maximum absolute atomic E-state index is 13.4. The summed E-state index contributed by atoms with van der Waals surface area (Å²) in [4.78, 5) is 34.9. The largest absolute Gasteiger partial charge is 0.457 e. The van der Waals surface area contributed by atoms with Crippen molar-refractivity contribution in [3.05, 3.63) is 78.2 Å². The molecular formula is C39H57N3O6. The fourth-order valence-electron chi connectivity index (χ4n) is 6.87. The Morgan fingerprint density at radius 2 is 1.79 bits per heavy atom. The molecule has 9 heteroatoms. The monoisotopic (exact) mass is 663 g/mol. The van der Waals surface area contributed by atoms with E-state index in [1.165, 1.54) is 38.5 Å². The Kier molecular flexibility index (Phi) is 14.5. The van der Waals surface area contributed by atoms with Crippen molar-refractivity contribution in [1.82, 2.24) is 14.8 Å². The van der Waals surface area contributed by atoms with E-state index in [1.54, 1.807) is 24.1 Å². The molecule has 1 aromatic heterocycles. The van der Waals surface area contributed by atoms with Gasteiger partial charge >= 0.3 is 12.1 Å². The number of carbonyl (C=O) groups is 2. The van der Waals surface area contributed by atoms with Crippen LogP contribution in [0, 0.1) is 5.92 Å². The molecule has 9 nitrogen and oxygen atoms in total. The Morgan fingerprint density at radius 3 is 2.48 bits per heavy atom. The van der Waals surface area contributed by atoms with Crippen LogP contribution in [0.3, 0.4) is 0 Å². The van der Waals surface area contributed by atoms with Crippen molar-refractivity contribution in [1.29, 1.82) is 0 Å². The summed E-state index contributed by atoms with van der Waals surface area (Å²) < 4.78 is 11.9. The van der Waals surface area contributed by atoms with Crippen LogP contribution in [0.25, 0.3) is 0 Å². The van der Waals surface area contributed by atoms with Crippen LogP contribution < -0.4 is 0 Å². The first-order chi connectivity index (χ1) is 23.0. The quantitative estimate of drug-likeness (QED) is 0.147. The molecule has 1 amide bonds. The number of aliphatic hydroxyl groups is 2. The van der Waals surface area contributed by atoms with E-state index in [0.29, 0.717) is 19.1 Å². The molecule has 0 unspecified atom stereocenters. The van der Waals surface area contributed by atoms with Crippen molar-refractivity contribution in [2.45, 2.75) is 121 Å². The maximum Gasteiger partial charge on any atom is 0.410 e. The van der Waals surface area contributed by atoms with Crippen LogP contribution in [0.2, 0.25) is 0 Å². The SMILES string of the molecule is C\C(=C/C=C/C=C/[C@H](C)c1ccccn1)[C@H]1OC(=O)C[C@@H](O)CC[C@](C)(O)[C@@H](OC(=O)N2CCN(C3CCCCCC3)CC2)/C=C\[C@@H]1C. The summed E-state index contributed by atoms with van der Waals surface area (Å²) in [6.45, 7) is 10.4. The van der Waals surface area contributed by atoms with E-state index in [-0.39, 0.29) is 31.1 Å². The maximum atomic E-state index is 13.4. The first-order valence-corrected chi connectivity index (χ1v) is 17.9. The van der Waals surface area contributed by atoms with Gasteiger partial charge in [-0.2, -0.15) is 0 Å². The van der Waals surface area contributed by atoms with E-state index in [1.807, 2.05) is 62.4 Å². The molecule has 0 radical (unpaired) electrons. The average Bonchev–Trinajstić information content (AvgIpc) is 3.37. The number of pyridine rings is 1. The number of amides is 1. The van der Waals surface area contributed by atoms with E-state index < -0.39 is 36.0 Å². The zero-order valence-corrected chi connectivity index (χ0v) is 29.4. The lowest BCUT2D eigenvalue weighted by Crippen LogP contribution is -2.53. The number of aromatic nitrogens is 1. The van der Waals surface area contributed by atoms with Gasteiger partial charge in [-0.3, -0.25) is 14.7 Å². The van der Waals surface area contributed by atoms with Crippen molar-refractivity contribution in [2.24, 2.45) is 5.92 Å². The van der Waals surface area contributed by atoms with E-state index >= 15 is 0 Å². The number of allylic oxidation sites excluding steroid dienone is 5. The van der Waals surface area contributed by atoms with Crippen molar-refractivity contribution in [3.8, 4) is 0 Å². The van der Waals surface area contributed by atoms with E-state index in [9.17, 15) is 19.8 Å². The minimum atomic E-state index is -1.44.